The van der Waals surface area contributed by atoms with Crippen LogP contribution in [0.2, 0.25) is 0 Å². The van der Waals surface area contributed by atoms with Crippen molar-refractivity contribution in [3.63, 3.8) is 0 Å². The SMILES string of the molecule is CCN(C1CC1)C1CC(C)CCC1NC. The largest absolute Gasteiger partial charge is 0.315 e. The van der Waals surface area contributed by atoms with Gasteiger partial charge in [0.1, 0.15) is 0 Å². The number of nitrogens with zero attached hydrogens (tertiary/aromatic N) is 1. The third-order valence-corrected chi connectivity index (χ3v) is 4.26. The average molecular weight is 210 g/mol. The Kier molecular flexibility index (Phi) is 3.68. The minimum atomic E-state index is 0.738. The van der Waals surface area contributed by atoms with Gasteiger partial charge in [-0.25, -0.2) is 0 Å². The summed E-state index contributed by atoms with van der Waals surface area (Å²) in [6.45, 7) is 5.98. The van der Waals surface area contributed by atoms with Crippen LogP contribution in [0.25, 0.3) is 0 Å². The Labute approximate surface area is 94.4 Å². The highest BCUT2D eigenvalue weighted by Crippen LogP contribution is 2.35. The van der Waals surface area contributed by atoms with Gasteiger partial charge in [-0.3, -0.25) is 4.90 Å². The number of hydrogen-bond acceptors (Lipinski definition) is 2. The van der Waals surface area contributed by atoms with Crippen LogP contribution in [0, 0.1) is 5.92 Å². The summed E-state index contributed by atoms with van der Waals surface area (Å²) in [5.41, 5.74) is 0. The molecule has 2 heteroatoms. The fourth-order valence-electron chi connectivity index (χ4n) is 3.22. The summed E-state index contributed by atoms with van der Waals surface area (Å²) >= 11 is 0. The van der Waals surface area contributed by atoms with Gasteiger partial charge >= 0.3 is 0 Å². The van der Waals surface area contributed by atoms with Crippen LogP contribution in [-0.2, 0) is 0 Å². The van der Waals surface area contributed by atoms with Gasteiger partial charge in [0.25, 0.3) is 0 Å². The first-order chi connectivity index (χ1) is 7.26. The van der Waals surface area contributed by atoms with E-state index in [0.717, 1.165) is 24.0 Å². The molecule has 2 aliphatic carbocycles. The maximum absolute atomic E-state index is 3.53. The smallest absolute Gasteiger partial charge is 0.0254 e. The molecule has 2 aliphatic rings. The highest BCUT2D eigenvalue weighted by molar-refractivity contribution is 4.95. The molecule has 0 amide bonds. The van der Waals surface area contributed by atoms with E-state index in [9.17, 15) is 0 Å². The van der Waals surface area contributed by atoms with Gasteiger partial charge in [0, 0.05) is 18.1 Å². The van der Waals surface area contributed by atoms with Crippen LogP contribution in [0.1, 0.15) is 46.0 Å². The van der Waals surface area contributed by atoms with Crippen molar-refractivity contribution in [2.75, 3.05) is 13.6 Å². The second kappa shape index (κ2) is 4.84. The van der Waals surface area contributed by atoms with Crippen molar-refractivity contribution in [3.8, 4) is 0 Å². The molecule has 2 fully saturated rings. The highest BCUT2D eigenvalue weighted by Gasteiger charge is 2.38. The summed E-state index contributed by atoms with van der Waals surface area (Å²) in [6, 6.07) is 2.46. The van der Waals surface area contributed by atoms with Gasteiger partial charge in [-0.15, -0.1) is 0 Å². The standard InChI is InChI=1S/C13H26N2/c1-4-15(11-6-7-11)13-9-10(2)5-8-12(13)14-3/h10-14H,4-9H2,1-3H3. The lowest BCUT2D eigenvalue weighted by Gasteiger charge is -2.42. The van der Waals surface area contributed by atoms with E-state index in [1.54, 1.807) is 0 Å². The fraction of sp³-hybridized carbons (Fsp3) is 1.00. The molecule has 2 rings (SSSR count). The maximum atomic E-state index is 3.53. The van der Waals surface area contributed by atoms with E-state index >= 15 is 0 Å². The minimum absolute atomic E-state index is 0.738. The molecule has 0 spiro atoms. The monoisotopic (exact) mass is 210 g/mol. The molecule has 2 nitrogen and oxygen atoms in total. The van der Waals surface area contributed by atoms with Crippen molar-refractivity contribution in [2.24, 2.45) is 5.92 Å². The normalized spacial score (nSPS) is 37.2. The van der Waals surface area contributed by atoms with E-state index in [1.165, 1.54) is 38.6 Å². The number of likely N-dealkylation sites (N-methyl/N-ethyl adjacent to an activating group) is 2. The van der Waals surface area contributed by atoms with Crippen LogP contribution < -0.4 is 5.32 Å². The Morgan fingerprint density at radius 2 is 1.93 bits per heavy atom. The van der Waals surface area contributed by atoms with Crippen LogP contribution in [0.15, 0.2) is 0 Å². The molecule has 0 radical (unpaired) electrons. The van der Waals surface area contributed by atoms with E-state index in [1.807, 2.05) is 0 Å². The number of hydrogen-bond donors (Lipinski definition) is 1. The van der Waals surface area contributed by atoms with Gasteiger partial charge in [-0.05, 0) is 51.6 Å². The minimum Gasteiger partial charge on any atom is -0.315 e. The summed E-state index contributed by atoms with van der Waals surface area (Å²) < 4.78 is 0. The first-order valence-corrected chi connectivity index (χ1v) is 6.69. The zero-order valence-corrected chi connectivity index (χ0v) is 10.5. The Morgan fingerprint density at radius 3 is 2.47 bits per heavy atom. The molecule has 0 heterocycles. The van der Waals surface area contributed by atoms with Crippen LogP contribution >= 0.6 is 0 Å². The van der Waals surface area contributed by atoms with Crippen molar-refractivity contribution in [1.82, 2.24) is 10.2 Å². The molecule has 2 saturated carbocycles. The predicted molar refractivity (Wildman–Crippen MR) is 65.1 cm³/mol. The average Bonchev–Trinajstić information content (AvgIpc) is 3.04. The van der Waals surface area contributed by atoms with Crippen molar-refractivity contribution in [1.29, 1.82) is 0 Å². The summed E-state index contributed by atoms with van der Waals surface area (Å²) in [4.78, 5) is 2.76. The van der Waals surface area contributed by atoms with Crippen molar-refractivity contribution < 1.29 is 0 Å². The molecule has 3 unspecified atom stereocenters. The first-order valence-electron chi connectivity index (χ1n) is 6.69. The predicted octanol–water partition coefficient (Wildman–Crippen LogP) is 2.25. The van der Waals surface area contributed by atoms with Gasteiger partial charge < -0.3 is 5.32 Å². The van der Waals surface area contributed by atoms with Crippen molar-refractivity contribution in [2.45, 2.75) is 64.1 Å². The van der Waals surface area contributed by atoms with Crippen LogP contribution in [0.4, 0.5) is 0 Å². The van der Waals surface area contributed by atoms with E-state index < -0.39 is 0 Å². The third-order valence-electron chi connectivity index (χ3n) is 4.26. The maximum Gasteiger partial charge on any atom is 0.0254 e. The van der Waals surface area contributed by atoms with Crippen LogP contribution in [0.5, 0.6) is 0 Å². The van der Waals surface area contributed by atoms with E-state index in [2.05, 4.69) is 31.1 Å². The van der Waals surface area contributed by atoms with Crippen LogP contribution in [-0.4, -0.2) is 36.6 Å². The molecule has 15 heavy (non-hydrogen) atoms. The summed E-state index contributed by atoms with van der Waals surface area (Å²) in [7, 11) is 2.13. The molecule has 0 aromatic heterocycles. The molecule has 1 N–H and O–H groups in total. The summed E-state index contributed by atoms with van der Waals surface area (Å²) in [6.07, 6.45) is 7.05. The summed E-state index contributed by atoms with van der Waals surface area (Å²) in [5, 5.41) is 3.53. The lowest BCUT2D eigenvalue weighted by Crippen LogP contribution is -2.52. The second-order valence-corrected chi connectivity index (χ2v) is 5.44. The Bertz CT molecular complexity index is 201. The molecule has 0 aliphatic heterocycles. The molecule has 88 valence electrons. The van der Waals surface area contributed by atoms with Crippen molar-refractivity contribution in [3.05, 3.63) is 0 Å². The Hall–Kier alpha value is -0.0800. The van der Waals surface area contributed by atoms with Gasteiger partial charge in [-0.1, -0.05) is 13.8 Å². The third kappa shape index (κ3) is 2.54. The highest BCUT2D eigenvalue weighted by atomic mass is 15.2. The first kappa shape index (κ1) is 11.4. The van der Waals surface area contributed by atoms with E-state index in [-0.39, 0.29) is 0 Å². The molecule has 0 aromatic rings. The Morgan fingerprint density at radius 1 is 1.20 bits per heavy atom. The van der Waals surface area contributed by atoms with E-state index in [0.29, 0.717) is 0 Å². The van der Waals surface area contributed by atoms with Gasteiger partial charge in [0.05, 0.1) is 0 Å². The van der Waals surface area contributed by atoms with E-state index in [4.69, 9.17) is 0 Å². The van der Waals surface area contributed by atoms with Gasteiger partial charge in [0.2, 0.25) is 0 Å². The molecule has 0 aromatic carbocycles. The van der Waals surface area contributed by atoms with Gasteiger partial charge in [0.15, 0.2) is 0 Å². The molecule has 0 saturated heterocycles. The number of nitrogens with one attached hydrogen (secondary N) is 1. The number of rotatable bonds is 4. The van der Waals surface area contributed by atoms with Crippen LogP contribution in [0.3, 0.4) is 0 Å². The quantitative estimate of drug-likeness (QED) is 0.765. The zero-order valence-electron chi connectivity index (χ0n) is 10.5. The topological polar surface area (TPSA) is 15.3 Å². The molecule has 0 bridgehead atoms. The molecule has 3 atom stereocenters. The lowest BCUT2D eigenvalue weighted by molar-refractivity contribution is 0.102. The lowest BCUT2D eigenvalue weighted by atomic mass is 9.82. The Balaban J connectivity index is 2.00. The van der Waals surface area contributed by atoms with Crippen molar-refractivity contribution >= 4 is 0 Å². The molecular weight excluding hydrogens is 184 g/mol. The zero-order chi connectivity index (χ0) is 10.8. The second-order valence-electron chi connectivity index (χ2n) is 5.44. The fourth-order valence-corrected chi connectivity index (χ4v) is 3.22. The van der Waals surface area contributed by atoms with Gasteiger partial charge in [-0.2, -0.15) is 0 Å². The molecular formula is C13H26N2. The summed E-state index contributed by atoms with van der Waals surface area (Å²) in [5.74, 6) is 0.924.